The van der Waals surface area contributed by atoms with Crippen molar-refractivity contribution in [2.75, 3.05) is 0 Å². The van der Waals surface area contributed by atoms with Crippen LogP contribution in [0.25, 0.3) is 0 Å². The molecule has 0 amide bonds. The molecule has 1 rings (SSSR count). The van der Waals surface area contributed by atoms with Gasteiger partial charge in [0.05, 0.1) is 0 Å². The smallest absolute Gasteiger partial charge is 0.283 e. The van der Waals surface area contributed by atoms with E-state index in [0.717, 1.165) is 0 Å². The van der Waals surface area contributed by atoms with Crippen LogP contribution in [0.2, 0.25) is 5.22 Å². The molecule has 0 saturated heterocycles. The highest BCUT2D eigenvalue weighted by molar-refractivity contribution is 6.28. The van der Waals surface area contributed by atoms with Crippen LogP contribution in [0.4, 0.5) is 0 Å². The Morgan fingerprint density at radius 2 is 2.29 bits per heavy atom. The minimum absolute atomic E-state index is 0.148. The molecule has 0 spiro atoms. The molecule has 0 aliphatic rings. The third-order valence-electron chi connectivity index (χ3n) is 0.559. The van der Waals surface area contributed by atoms with Crippen molar-refractivity contribution >= 4 is 11.6 Å². The van der Waals surface area contributed by atoms with Gasteiger partial charge in [0.1, 0.15) is 0 Å². The number of rotatable bonds is 0. The van der Waals surface area contributed by atoms with Gasteiger partial charge in [0.15, 0.2) is 5.22 Å². The van der Waals surface area contributed by atoms with Crippen molar-refractivity contribution in [3.63, 3.8) is 0 Å². The zero-order chi connectivity index (χ0) is 5.28. The normalized spacial score (nSPS) is 9.29. The van der Waals surface area contributed by atoms with E-state index < -0.39 is 0 Å². The van der Waals surface area contributed by atoms with Gasteiger partial charge in [-0.15, -0.1) is 0 Å². The van der Waals surface area contributed by atoms with Crippen LogP contribution >= 0.6 is 11.6 Å². The molecule has 0 bridgehead atoms. The van der Waals surface area contributed by atoms with Crippen LogP contribution in [0.3, 0.4) is 0 Å². The molecule has 2 nitrogen and oxygen atoms in total. The van der Waals surface area contributed by atoms with E-state index in [1.165, 1.54) is 12.1 Å². The quantitative estimate of drug-likeness (QED) is 0.562. The average Bonchev–Trinajstić information content (AvgIpc) is 1.87. The van der Waals surface area contributed by atoms with E-state index in [-0.39, 0.29) is 11.2 Å². The molecular weight excluding hydrogens is 115 g/mol. The van der Waals surface area contributed by atoms with Gasteiger partial charge in [0, 0.05) is 12.1 Å². The van der Waals surface area contributed by atoms with E-state index in [9.17, 15) is 0 Å². The van der Waals surface area contributed by atoms with Crippen LogP contribution in [0, 0.1) is 0 Å². The third kappa shape index (κ3) is 0.871. The van der Waals surface area contributed by atoms with Crippen LogP contribution < -0.4 is 0 Å². The molecule has 0 aromatic carbocycles. The highest BCUT2D eigenvalue weighted by Gasteiger charge is 1.91. The van der Waals surface area contributed by atoms with E-state index in [0.29, 0.717) is 0 Å². The maximum Gasteiger partial charge on any atom is 0.283 e. The summed E-state index contributed by atoms with van der Waals surface area (Å²) in [6, 6.07) is 2.85. The predicted molar refractivity (Wildman–Crippen MR) is 25.4 cm³/mol. The number of hydrogen-bond donors (Lipinski definition) is 1. The minimum Gasteiger partial charge on any atom is -0.481 e. The van der Waals surface area contributed by atoms with Gasteiger partial charge in [-0.1, -0.05) is 0 Å². The monoisotopic (exact) mass is 118 g/mol. The van der Waals surface area contributed by atoms with Gasteiger partial charge in [-0.2, -0.15) is 0 Å². The van der Waals surface area contributed by atoms with Crippen molar-refractivity contribution in [3.05, 3.63) is 17.4 Å². The highest BCUT2D eigenvalue weighted by atomic mass is 35.5. The van der Waals surface area contributed by atoms with Gasteiger partial charge < -0.3 is 9.52 Å². The van der Waals surface area contributed by atoms with E-state index >= 15 is 0 Å². The summed E-state index contributed by atoms with van der Waals surface area (Å²) in [4.78, 5) is 0. The Labute approximate surface area is 45.3 Å². The summed E-state index contributed by atoms with van der Waals surface area (Å²) >= 11 is 5.23. The molecule has 0 aliphatic carbocycles. The molecule has 0 radical (unpaired) electrons. The van der Waals surface area contributed by atoms with Gasteiger partial charge in [-0.3, -0.25) is 0 Å². The number of hydrogen-bond acceptors (Lipinski definition) is 2. The summed E-state index contributed by atoms with van der Waals surface area (Å²) in [6.45, 7) is 0. The number of aromatic hydroxyl groups is 1. The zero-order valence-corrected chi connectivity index (χ0v) is 4.14. The second-order valence-electron chi connectivity index (χ2n) is 1.08. The van der Waals surface area contributed by atoms with Crippen LogP contribution in [0.15, 0.2) is 16.5 Å². The summed E-state index contributed by atoms with van der Waals surface area (Å²) in [5.74, 6) is -0.148. The van der Waals surface area contributed by atoms with Crippen molar-refractivity contribution in [1.82, 2.24) is 0 Å². The summed E-state index contributed by atoms with van der Waals surface area (Å²) < 4.78 is 4.40. The van der Waals surface area contributed by atoms with E-state index in [1.54, 1.807) is 0 Å². The van der Waals surface area contributed by atoms with E-state index in [2.05, 4.69) is 4.42 Å². The molecule has 0 fully saturated rings. The second kappa shape index (κ2) is 1.46. The molecule has 0 aliphatic heterocycles. The van der Waals surface area contributed by atoms with Gasteiger partial charge in [-0.05, 0) is 11.6 Å². The fourth-order valence-electron chi connectivity index (χ4n) is 0.305. The highest BCUT2D eigenvalue weighted by Crippen LogP contribution is 2.17. The lowest BCUT2D eigenvalue weighted by Gasteiger charge is -1.73. The fourth-order valence-corrected chi connectivity index (χ4v) is 0.447. The topological polar surface area (TPSA) is 33.4 Å². The zero-order valence-electron chi connectivity index (χ0n) is 3.39. The van der Waals surface area contributed by atoms with Crippen molar-refractivity contribution in [3.8, 4) is 5.95 Å². The molecule has 1 N–H and O–H groups in total. The maximum absolute atomic E-state index is 8.40. The van der Waals surface area contributed by atoms with Gasteiger partial charge in [-0.25, -0.2) is 0 Å². The number of furan rings is 1. The summed E-state index contributed by atoms with van der Waals surface area (Å²) in [7, 11) is 0. The van der Waals surface area contributed by atoms with Crippen molar-refractivity contribution < 1.29 is 9.52 Å². The van der Waals surface area contributed by atoms with Gasteiger partial charge in [0.2, 0.25) is 0 Å². The largest absolute Gasteiger partial charge is 0.481 e. The Morgan fingerprint density at radius 1 is 1.57 bits per heavy atom. The van der Waals surface area contributed by atoms with Crippen molar-refractivity contribution in [2.45, 2.75) is 0 Å². The van der Waals surface area contributed by atoms with Gasteiger partial charge >= 0.3 is 0 Å². The average molecular weight is 119 g/mol. The van der Waals surface area contributed by atoms with Crippen LogP contribution in [-0.4, -0.2) is 5.11 Å². The summed E-state index contributed by atoms with van der Waals surface area (Å²) in [6.07, 6.45) is 0. The first-order valence-electron chi connectivity index (χ1n) is 1.73. The predicted octanol–water partition coefficient (Wildman–Crippen LogP) is 1.64. The Kier molecular flexibility index (Phi) is 0.947. The molecule has 0 atom stereocenters. The molecule has 0 unspecified atom stereocenters. The maximum atomic E-state index is 8.40. The summed E-state index contributed by atoms with van der Waals surface area (Å²) in [5.41, 5.74) is 0. The Bertz CT molecular complexity index is 142. The van der Waals surface area contributed by atoms with E-state index in [4.69, 9.17) is 16.7 Å². The molecule has 0 saturated carbocycles. The lowest BCUT2D eigenvalue weighted by molar-refractivity contribution is 0.333. The van der Waals surface area contributed by atoms with Crippen molar-refractivity contribution in [1.29, 1.82) is 0 Å². The van der Waals surface area contributed by atoms with Crippen LogP contribution in [-0.2, 0) is 0 Å². The lowest BCUT2D eigenvalue weighted by atomic mass is 10.7. The third-order valence-corrected chi connectivity index (χ3v) is 0.762. The SMILES string of the molecule is Oc1ccc(Cl)o1. The Hall–Kier alpha value is -0.630. The minimum atomic E-state index is -0.148. The van der Waals surface area contributed by atoms with Crippen LogP contribution in [0.1, 0.15) is 0 Å². The standard InChI is InChI=1S/C4H3ClO2/c5-3-1-2-4(6)7-3/h1-2,6H. The van der Waals surface area contributed by atoms with E-state index in [1.807, 2.05) is 0 Å². The molecule has 38 valence electrons. The second-order valence-corrected chi connectivity index (χ2v) is 1.45. The summed E-state index contributed by atoms with van der Waals surface area (Å²) in [5, 5.41) is 8.61. The molecule has 1 aromatic heterocycles. The molecule has 1 heterocycles. The first-order chi connectivity index (χ1) is 3.29. The molecule has 7 heavy (non-hydrogen) atoms. The number of halogens is 1. The van der Waals surface area contributed by atoms with Gasteiger partial charge in [0.25, 0.3) is 5.95 Å². The van der Waals surface area contributed by atoms with Crippen LogP contribution in [0.5, 0.6) is 5.95 Å². The Balaban J connectivity index is 3.04. The van der Waals surface area contributed by atoms with Crippen molar-refractivity contribution in [2.24, 2.45) is 0 Å². The fraction of sp³-hybridized carbons (Fsp3) is 0. The lowest BCUT2D eigenvalue weighted by Crippen LogP contribution is -1.42. The molecular formula is C4H3ClO2. The Morgan fingerprint density at radius 3 is 2.43 bits per heavy atom. The first-order valence-corrected chi connectivity index (χ1v) is 2.11. The molecule has 1 aromatic rings. The molecule has 3 heteroatoms. The first kappa shape index (κ1) is 4.53.